The lowest BCUT2D eigenvalue weighted by atomic mass is 10.1. The van der Waals surface area contributed by atoms with Crippen LogP contribution in [0.4, 0.5) is 11.4 Å². The Labute approximate surface area is 142 Å². The van der Waals surface area contributed by atoms with Crippen molar-refractivity contribution in [2.75, 3.05) is 22.7 Å². The summed E-state index contributed by atoms with van der Waals surface area (Å²) in [5.41, 5.74) is 1.64. The summed E-state index contributed by atoms with van der Waals surface area (Å²) in [5.74, 6) is 0. The van der Waals surface area contributed by atoms with Crippen LogP contribution in [0.5, 0.6) is 0 Å². The summed E-state index contributed by atoms with van der Waals surface area (Å²) in [6, 6.07) is 11.2. The van der Waals surface area contributed by atoms with E-state index >= 15 is 0 Å². The summed E-state index contributed by atoms with van der Waals surface area (Å²) in [6.07, 6.45) is 4.42. The third-order valence-corrected chi connectivity index (χ3v) is 7.18. The minimum atomic E-state index is -3.52. The molecular weight excluding hydrogens is 328 g/mol. The molecular formula is C17H22N2O2S2. The maximum atomic E-state index is 12.6. The molecule has 0 unspecified atom stereocenters. The van der Waals surface area contributed by atoms with E-state index in [9.17, 15) is 8.42 Å². The summed E-state index contributed by atoms with van der Waals surface area (Å²) in [6.45, 7) is 4.00. The molecule has 0 atom stereocenters. The number of hydrogen-bond donors (Lipinski definition) is 1. The zero-order valence-corrected chi connectivity index (χ0v) is 14.9. The van der Waals surface area contributed by atoms with Crippen LogP contribution in [0.3, 0.4) is 0 Å². The van der Waals surface area contributed by atoms with Crippen LogP contribution >= 0.6 is 11.3 Å². The zero-order valence-electron chi connectivity index (χ0n) is 13.3. The normalized spacial score (nSPS) is 15.6. The van der Waals surface area contributed by atoms with Gasteiger partial charge in [-0.25, -0.2) is 8.42 Å². The molecule has 1 fully saturated rings. The Morgan fingerprint density at radius 2 is 1.83 bits per heavy atom. The summed E-state index contributed by atoms with van der Waals surface area (Å²) in [5, 5.41) is 0. The van der Waals surface area contributed by atoms with Gasteiger partial charge in [0, 0.05) is 18.0 Å². The van der Waals surface area contributed by atoms with E-state index < -0.39 is 10.0 Å². The van der Waals surface area contributed by atoms with Gasteiger partial charge in [-0.05, 0) is 49.9 Å². The number of anilines is 2. The molecule has 4 nitrogen and oxygen atoms in total. The largest absolute Gasteiger partial charge is 0.370 e. The number of para-hydroxylation sites is 2. The average molecular weight is 351 g/mol. The van der Waals surface area contributed by atoms with E-state index in [1.165, 1.54) is 17.8 Å². The Morgan fingerprint density at radius 1 is 1.09 bits per heavy atom. The molecule has 2 heterocycles. The van der Waals surface area contributed by atoms with E-state index in [1.807, 2.05) is 37.3 Å². The Kier molecular flexibility index (Phi) is 4.92. The van der Waals surface area contributed by atoms with E-state index in [0.29, 0.717) is 9.90 Å². The van der Waals surface area contributed by atoms with Crippen molar-refractivity contribution in [2.24, 2.45) is 0 Å². The number of rotatable bonds is 5. The van der Waals surface area contributed by atoms with Crippen molar-refractivity contribution >= 4 is 32.7 Å². The number of hydrogen-bond acceptors (Lipinski definition) is 4. The first-order chi connectivity index (χ1) is 11.1. The first-order valence-electron chi connectivity index (χ1n) is 8.05. The molecule has 1 N–H and O–H groups in total. The first-order valence-corrected chi connectivity index (χ1v) is 10.4. The van der Waals surface area contributed by atoms with Crippen LogP contribution in [0.2, 0.25) is 0 Å². The number of sulfonamides is 1. The van der Waals surface area contributed by atoms with E-state index in [1.54, 1.807) is 6.07 Å². The van der Waals surface area contributed by atoms with Crippen LogP contribution in [-0.4, -0.2) is 21.5 Å². The summed E-state index contributed by atoms with van der Waals surface area (Å²) >= 11 is 1.34. The Balaban J connectivity index is 1.87. The SMILES string of the molecule is CCc1ccc(S(=O)(=O)Nc2ccccc2N2CCCCC2)s1. The molecule has 0 amide bonds. The van der Waals surface area contributed by atoms with Gasteiger partial charge in [-0.15, -0.1) is 11.3 Å². The highest BCUT2D eigenvalue weighted by Gasteiger charge is 2.20. The molecule has 1 aromatic heterocycles. The minimum absolute atomic E-state index is 0.378. The van der Waals surface area contributed by atoms with Crippen LogP contribution in [0.15, 0.2) is 40.6 Å². The van der Waals surface area contributed by atoms with Gasteiger partial charge in [0.1, 0.15) is 4.21 Å². The van der Waals surface area contributed by atoms with Crippen molar-refractivity contribution in [2.45, 2.75) is 36.8 Å². The van der Waals surface area contributed by atoms with Gasteiger partial charge in [0.25, 0.3) is 10.0 Å². The van der Waals surface area contributed by atoms with E-state index in [-0.39, 0.29) is 0 Å². The summed E-state index contributed by atoms with van der Waals surface area (Å²) in [4.78, 5) is 3.35. The van der Waals surface area contributed by atoms with Crippen molar-refractivity contribution in [1.82, 2.24) is 0 Å². The standard InChI is InChI=1S/C17H22N2O2S2/c1-2-14-10-11-17(22-14)23(20,21)18-15-8-4-5-9-16(15)19-12-6-3-7-13-19/h4-5,8-11,18H,2-3,6-7,12-13H2,1H3. The lowest BCUT2D eigenvalue weighted by molar-refractivity contribution is 0.578. The molecule has 3 rings (SSSR count). The van der Waals surface area contributed by atoms with Crippen molar-refractivity contribution in [3.05, 3.63) is 41.3 Å². The Hall–Kier alpha value is -1.53. The predicted molar refractivity (Wildman–Crippen MR) is 97.0 cm³/mol. The highest BCUT2D eigenvalue weighted by molar-refractivity contribution is 7.94. The van der Waals surface area contributed by atoms with Gasteiger partial charge < -0.3 is 4.90 Å². The molecule has 0 saturated carbocycles. The van der Waals surface area contributed by atoms with Crippen molar-refractivity contribution in [3.63, 3.8) is 0 Å². The van der Waals surface area contributed by atoms with Gasteiger partial charge in [-0.3, -0.25) is 4.72 Å². The number of thiophene rings is 1. The van der Waals surface area contributed by atoms with Crippen LogP contribution in [-0.2, 0) is 16.4 Å². The third kappa shape index (κ3) is 3.70. The second kappa shape index (κ2) is 6.93. The Morgan fingerprint density at radius 3 is 2.52 bits per heavy atom. The molecule has 1 aromatic carbocycles. The maximum Gasteiger partial charge on any atom is 0.271 e. The van der Waals surface area contributed by atoms with E-state index in [0.717, 1.165) is 42.9 Å². The Bertz CT molecular complexity index is 762. The minimum Gasteiger partial charge on any atom is -0.370 e. The van der Waals surface area contributed by atoms with Gasteiger partial charge in [-0.1, -0.05) is 19.1 Å². The van der Waals surface area contributed by atoms with E-state index in [4.69, 9.17) is 0 Å². The fourth-order valence-electron chi connectivity index (χ4n) is 2.86. The number of benzene rings is 1. The van der Waals surface area contributed by atoms with Crippen LogP contribution in [0.1, 0.15) is 31.1 Å². The van der Waals surface area contributed by atoms with Crippen molar-refractivity contribution in [3.8, 4) is 0 Å². The predicted octanol–water partition coefficient (Wildman–Crippen LogP) is 4.10. The van der Waals surface area contributed by atoms with E-state index in [2.05, 4.69) is 9.62 Å². The fourth-order valence-corrected chi connectivity index (χ4v) is 5.23. The maximum absolute atomic E-state index is 12.6. The summed E-state index contributed by atoms with van der Waals surface area (Å²) < 4.78 is 28.4. The van der Waals surface area contributed by atoms with Gasteiger partial charge in [-0.2, -0.15) is 0 Å². The van der Waals surface area contributed by atoms with Gasteiger partial charge in [0.05, 0.1) is 11.4 Å². The first kappa shape index (κ1) is 16.3. The molecule has 0 aliphatic carbocycles. The van der Waals surface area contributed by atoms with Crippen molar-refractivity contribution in [1.29, 1.82) is 0 Å². The third-order valence-electron chi connectivity index (χ3n) is 4.10. The molecule has 1 saturated heterocycles. The average Bonchev–Trinajstić information content (AvgIpc) is 3.06. The lowest BCUT2D eigenvalue weighted by Gasteiger charge is -2.30. The highest BCUT2D eigenvalue weighted by atomic mass is 32.2. The van der Waals surface area contributed by atoms with Crippen LogP contribution in [0.25, 0.3) is 0 Å². The topological polar surface area (TPSA) is 49.4 Å². The molecule has 23 heavy (non-hydrogen) atoms. The second-order valence-electron chi connectivity index (χ2n) is 5.74. The number of aryl methyl sites for hydroxylation is 1. The number of nitrogens with one attached hydrogen (secondary N) is 1. The molecule has 124 valence electrons. The highest BCUT2D eigenvalue weighted by Crippen LogP contribution is 2.31. The molecule has 6 heteroatoms. The quantitative estimate of drug-likeness (QED) is 0.883. The monoisotopic (exact) mass is 350 g/mol. The number of nitrogens with zero attached hydrogens (tertiary/aromatic N) is 1. The smallest absolute Gasteiger partial charge is 0.271 e. The second-order valence-corrected chi connectivity index (χ2v) is 8.82. The van der Waals surface area contributed by atoms with Gasteiger partial charge >= 0.3 is 0 Å². The molecule has 0 bridgehead atoms. The molecule has 0 radical (unpaired) electrons. The summed E-state index contributed by atoms with van der Waals surface area (Å²) in [7, 11) is -3.52. The fraction of sp³-hybridized carbons (Fsp3) is 0.412. The molecule has 1 aliphatic rings. The molecule has 0 spiro atoms. The van der Waals surface area contributed by atoms with Crippen LogP contribution < -0.4 is 9.62 Å². The zero-order chi connectivity index (χ0) is 16.3. The molecule has 1 aliphatic heterocycles. The van der Waals surface area contributed by atoms with Gasteiger partial charge in [0.15, 0.2) is 0 Å². The number of piperidine rings is 1. The van der Waals surface area contributed by atoms with Crippen LogP contribution in [0, 0.1) is 0 Å². The van der Waals surface area contributed by atoms with Gasteiger partial charge in [0.2, 0.25) is 0 Å². The van der Waals surface area contributed by atoms with Crippen molar-refractivity contribution < 1.29 is 8.42 Å². The lowest BCUT2D eigenvalue weighted by Crippen LogP contribution is -2.30. The molecule has 2 aromatic rings.